The van der Waals surface area contributed by atoms with Crippen molar-refractivity contribution in [1.29, 1.82) is 0 Å². The van der Waals surface area contributed by atoms with E-state index in [1.165, 1.54) is 0 Å². The highest BCUT2D eigenvalue weighted by atomic mass is 79.9. The Labute approximate surface area is 125 Å². The Kier molecular flexibility index (Phi) is 4.37. The Morgan fingerprint density at radius 2 is 2.21 bits per heavy atom. The molecule has 0 aliphatic rings. The third-order valence-corrected chi connectivity index (χ3v) is 3.99. The average Bonchev–Trinajstić information content (AvgIpc) is 2.64. The monoisotopic (exact) mass is 343 g/mol. The van der Waals surface area contributed by atoms with E-state index in [4.69, 9.17) is 22.1 Å². The summed E-state index contributed by atoms with van der Waals surface area (Å²) < 4.78 is 8.53. The first-order chi connectivity index (χ1) is 9.02. The fraction of sp³-hybridized carbons (Fsp3) is 0.308. The van der Waals surface area contributed by atoms with Crippen LogP contribution >= 0.6 is 27.5 Å². The van der Waals surface area contributed by atoms with Gasteiger partial charge in [0, 0.05) is 12.1 Å². The van der Waals surface area contributed by atoms with Crippen molar-refractivity contribution in [2.45, 2.75) is 20.0 Å². The molecule has 0 atom stereocenters. The number of ether oxygens (including phenoxy) is 1. The summed E-state index contributed by atoms with van der Waals surface area (Å²) in [6.45, 7) is 2.46. The molecule has 1 aromatic heterocycles. The first kappa shape index (κ1) is 14.2. The van der Waals surface area contributed by atoms with Gasteiger partial charge in [-0.2, -0.15) is 5.10 Å². The molecule has 6 heteroatoms. The molecule has 0 unspecified atom stereocenters. The smallest absolute Gasteiger partial charge is 0.142 e. The van der Waals surface area contributed by atoms with E-state index in [0.717, 1.165) is 22.3 Å². The van der Waals surface area contributed by atoms with Gasteiger partial charge in [0.1, 0.15) is 12.4 Å². The van der Waals surface area contributed by atoms with Crippen LogP contribution in [0.3, 0.4) is 0 Å². The first-order valence-electron chi connectivity index (χ1n) is 5.91. The summed E-state index contributed by atoms with van der Waals surface area (Å²) in [7, 11) is 1.90. The number of nitrogens with two attached hydrogens (primary N) is 1. The number of nitrogens with zero attached hydrogens (tertiary/aromatic N) is 2. The van der Waals surface area contributed by atoms with Crippen molar-refractivity contribution in [3.63, 3.8) is 0 Å². The van der Waals surface area contributed by atoms with Crippen LogP contribution in [0, 0.1) is 0 Å². The molecule has 0 aliphatic carbocycles. The van der Waals surface area contributed by atoms with Crippen molar-refractivity contribution in [2.75, 3.05) is 5.73 Å². The maximum Gasteiger partial charge on any atom is 0.142 e. The van der Waals surface area contributed by atoms with Gasteiger partial charge in [-0.3, -0.25) is 4.68 Å². The molecule has 1 heterocycles. The molecule has 0 spiro atoms. The van der Waals surface area contributed by atoms with Gasteiger partial charge in [-0.15, -0.1) is 0 Å². The van der Waals surface area contributed by atoms with E-state index in [1.54, 1.807) is 18.2 Å². The largest absolute Gasteiger partial charge is 0.485 e. The second-order valence-electron chi connectivity index (χ2n) is 4.16. The van der Waals surface area contributed by atoms with Crippen LogP contribution < -0.4 is 10.5 Å². The van der Waals surface area contributed by atoms with E-state index in [2.05, 4.69) is 28.0 Å². The Bertz CT molecular complexity index is 598. The fourth-order valence-corrected chi connectivity index (χ4v) is 2.68. The standard InChI is InChI=1S/C13H15BrClN3O/c1-3-10-13(14)11(18(2)17-10)7-19-12-5-4-8(15)6-9(12)16/h4-6H,3,7,16H2,1-2H3. The predicted molar refractivity (Wildman–Crippen MR) is 80.5 cm³/mol. The molecule has 0 amide bonds. The molecular weight excluding hydrogens is 330 g/mol. The summed E-state index contributed by atoms with van der Waals surface area (Å²) >= 11 is 9.40. The molecule has 0 radical (unpaired) electrons. The first-order valence-corrected chi connectivity index (χ1v) is 7.08. The molecule has 0 saturated carbocycles. The number of aryl methyl sites for hydroxylation is 2. The lowest BCUT2D eigenvalue weighted by molar-refractivity contribution is 0.295. The number of hydrogen-bond donors (Lipinski definition) is 1. The zero-order valence-corrected chi connectivity index (χ0v) is 13.1. The topological polar surface area (TPSA) is 53.1 Å². The molecule has 0 bridgehead atoms. The highest BCUT2D eigenvalue weighted by molar-refractivity contribution is 9.10. The normalized spacial score (nSPS) is 10.7. The van der Waals surface area contributed by atoms with Gasteiger partial charge >= 0.3 is 0 Å². The predicted octanol–water partition coefficient (Wildman–Crippen LogP) is 3.56. The summed E-state index contributed by atoms with van der Waals surface area (Å²) in [6, 6.07) is 5.19. The molecule has 2 N–H and O–H groups in total. The minimum absolute atomic E-state index is 0.399. The molecule has 0 aliphatic heterocycles. The number of anilines is 1. The Morgan fingerprint density at radius 1 is 1.47 bits per heavy atom. The quantitative estimate of drug-likeness (QED) is 0.863. The summed E-state index contributed by atoms with van der Waals surface area (Å²) in [4.78, 5) is 0. The van der Waals surface area contributed by atoms with Gasteiger partial charge in [-0.25, -0.2) is 0 Å². The zero-order valence-electron chi connectivity index (χ0n) is 10.8. The van der Waals surface area contributed by atoms with Crippen LogP contribution in [0.2, 0.25) is 5.02 Å². The second-order valence-corrected chi connectivity index (χ2v) is 5.38. The molecule has 19 heavy (non-hydrogen) atoms. The van der Waals surface area contributed by atoms with E-state index in [0.29, 0.717) is 23.1 Å². The minimum Gasteiger partial charge on any atom is -0.485 e. The van der Waals surface area contributed by atoms with Crippen LogP contribution in [-0.4, -0.2) is 9.78 Å². The van der Waals surface area contributed by atoms with Crippen molar-refractivity contribution in [3.05, 3.63) is 39.1 Å². The Balaban J connectivity index is 2.16. The van der Waals surface area contributed by atoms with Gasteiger partial charge in [-0.05, 0) is 40.5 Å². The van der Waals surface area contributed by atoms with E-state index in [9.17, 15) is 0 Å². The number of rotatable bonds is 4. The van der Waals surface area contributed by atoms with Crippen LogP contribution in [-0.2, 0) is 20.1 Å². The van der Waals surface area contributed by atoms with E-state index >= 15 is 0 Å². The highest BCUT2D eigenvalue weighted by Gasteiger charge is 2.13. The van der Waals surface area contributed by atoms with Gasteiger partial charge in [0.2, 0.25) is 0 Å². The lowest BCUT2D eigenvalue weighted by Crippen LogP contribution is -2.04. The van der Waals surface area contributed by atoms with Gasteiger partial charge in [0.05, 0.1) is 21.5 Å². The van der Waals surface area contributed by atoms with E-state index < -0.39 is 0 Å². The average molecular weight is 345 g/mol. The minimum atomic E-state index is 0.399. The van der Waals surface area contributed by atoms with E-state index in [-0.39, 0.29) is 0 Å². The van der Waals surface area contributed by atoms with Crippen LogP contribution in [0.15, 0.2) is 22.7 Å². The van der Waals surface area contributed by atoms with Gasteiger partial charge in [-0.1, -0.05) is 18.5 Å². The molecule has 0 saturated heterocycles. The number of aromatic nitrogens is 2. The number of halogens is 2. The van der Waals surface area contributed by atoms with Crippen LogP contribution in [0.5, 0.6) is 5.75 Å². The lowest BCUT2D eigenvalue weighted by Gasteiger charge is -2.09. The van der Waals surface area contributed by atoms with E-state index in [1.807, 2.05) is 11.7 Å². The van der Waals surface area contributed by atoms with Gasteiger partial charge in [0.15, 0.2) is 0 Å². The highest BCUT2D eigenvalue weighted by Crippen LogP contribution is 2.27. The number of nitrogen functional groups attached to an aromatic ring is 1. The maximum atomic E-state index is 5.85. The summed E-state index contributed by atoms with van der Waals surface area (Å²) in [5, 5.41) is 5.01. The Hall–Kier alpha value is -1.20. The lowest BCUT2D eigenvalue weighted by atomic mass is 10.3. The second kappa shape index (κ2) is 5.84. The SMILES string of the molecule is CCc1nn(C)c(COc2ccc(Cl)cc2N)c1Br. The Morgan fingerprint density at radius 3 is 2.79 bits per heavy atom. The number of benzene rings is 1. The summed E-state index contributed by atoms with van der Waals surface area (Å²) in [5.74, 6) is 0.621. The summed E-state index contributed by atoms with van der Waals surface area (Å²) in [6.07, 6.45) is 0.873. The van der Waals surface area contributed by atoms with Crippen molar-refractivity contribution in [2.24, 2.45) is 7.05 Å². The molecule has 2 rings (SSSR count). The van der Waals surface area contributed by atoms with Crippen LogP contribution in [0.25, 0.3) is 0 Å². The van der Waals surface area contributed by atoms with Crippen molar-refractivity contribution in [1.82, 2.24) is 9.78 Å². The van der Waals surface area contributed by atoms with Crippen molar-refractivity contribution < 1.29 is 4.74 Å². The number of hydrogen-bond acceptors (Lipinski definition) is 3. The van der Waals surface area contributed by atoms with Crippen LogP contribution in [0.1, 0.15) is 18.3 Å². The van der Waals surface area contributed by atoms with Crippen molar-refractivity contribution >= 4 is 33.2 Å². The van der Waals surface area contributed by atoms with Gasteiger partial charge < -0.3 is 10.5 Å². The molecular formula is C13H15BrClN3O. The zero-order chi connectivity index (χ0) is 14.0. The molecule has 1 aromatic carbocycles. The molecule has 0 fully saturated rings. The van der Waals surface area contributed by atoms with Crippen LogP contribution in [0.4, 0.5) is 5.69 Å². The molecule has 4 nitrogen and oxygen atoms in total. The third kappa shape index (κ3) is 3.04. The van der Waals surface area contributed by atoms with Crippen molar-refractivity contribution in [3.8, 4) is 5.75 Å². The maximum absolute atomic E-state index is 5.85. The third-order valence-electron chi connectivity index (χ3n) is 2.84. The molecule has 2 aromatic rings. The van der Waals surface area contributed by atoms with Gasteiger partial charge in [0.25, 0.3) is 0 Å². The summed E-state index contributed by atoms with van der Waals surface area (Å²) in [5.41, 5.74) is 8.38. The fourth-order valence-electron chi connectivity index (χ4n) is 1.77. The molecule has 102 valence electrons.